The van der Waals surface area contributed by atoms with Crippen LogP contribution in [0.25, 0.3) is 16.5 Å². The molecule has 7 heteroatoms. The molecule has 1 aromatic heterocycles. The fourth-order valence-corrected chi connectivity index (χ4v) is 3.69. The number of rotatable bonds is 2. The van der Waals surface area contributed by atoms with Crippen LogP contribution < -0.4 is 10.2 Å². The summed E-state index contributed by atoms with van der Waals surface area (Å²) in [5.74, 6) is -0.323. The SMILES string of the molecule is CN1CCC/C(=C\C(=O)Nc2ccc3cccnc3c2)c2ccc(C(F)(F)F)cc21. The molecule has 1 aliphatic rings. The standard InChI is InChI=1S/C23H20F3N3O/c1-29-11-3-5-16(19-9-7-17(13-21(19)29)23(24,25)26)12-22(30)28-18-8-6-15-4-2-10-27-20(15)14-18/h2,4,6-10,12-14H,3,5,11H2,1H3,(H,28,30)/b16-12+. The Kier molecular flexibility index (Phi) is 5.20. The normalized spacial score (nSPS) is 15.7. The second-order valence-corrected chi connectivity index (χ2v) is 7.32. The van der Waals surface area contributed by atoms with Crippen LogP contribution >= 0.6 is 0 Å². The van der Waals surface area contributed by atoms with Gasteiger partial charge in [-0.2, -0.15) is 13.2 Å². The fourth-order valence-electron chi connectivity index (χ4n) is 3.69. The van der Waals surface area contributed by atoms with Crippen LogP contribution in [-0.4, -0.2) is 24.5 Å². The van der Waals surface area contributed by atoms with Crippen molar-refractivity contribution < 1.29 is 18.0 Å². The second-order valence-electron chi connectivity index (χ2n) is 7.32. The molecule has 1 aliphatic heterocycles. The van der Waals surface area contributed by atoms with E-state index in [-0.39, 0.29) is 5.91 Å². The molecule has 0 aliphatic carbocycles. The number of pyridine rings is 1. The highest BCUT2D eigenvalue weighted by atomic mass is 19.4. The van der Waals surface area contributed by atoms with E-state index in [1.807, 2.05) is 18.2 Å². The van der Waals surface area contributed by atoms with Crippen molar-refractivity contribution in [2.75, 3.05) is 23.8 Å². The van der Waals surface area contributed by atoms with Crippen molar-refractivity contribution in [2.45, 2.75) is 19.0 Å². The van der Waals surface area contributed by atoms with Crippen LogP contribution in [-0.2, 0) is 11.0 Å². The van der Waals surface area contributed by atoms with Crippen LogP contribution in [0.4, 0.5) is 24.5 Å². The molecule has 0 radical (unpaired) electrons. The number of anilines is 2. The van der Waals surface area contributed by atoms with E-state index in [4.69, 9.17) is 0 Å². The number of carbonyl (C=O) groups is 1. The minimum Gasteiger partial charge on any atom is -0.374 e. The molecule has 0 saturated carbocycles. The number of alkyl halides is 3. The third-order valence-corrected chi connectivity index (χ3v) is 5.20. The molecule has 30 heavy (non-hydrogen) atoms. The van der Waals surface area contributed by atoms with Crippen molar-refractivity contribution in [2.24, 2.45) is 0 Å². The molecule has 0 saturated heterocycles. The average Bonchev–Trinajstić information content (AvgIpc) is 2.86. The molecular weight excluding hydrogens is 391 g/mol. The lowest BCUT2D eigenvalue weighted by atomic mass is 9.98. The first kappa shape index (κ1) is 19.9. The van der Waals surface area contributed by atoms with Gasteiger partial charge < -0.3 is 10.2 Å². The number of nitrogens with zero attached hydrogens (tertiary/aromatic N) is 2. The molecule has 0 unspecified atom stereocenters. The highest BCUT2D eigenvalue weighted by Gasteiger charge is 2.32. The van der Waals surface area contributed by atoms with Crippen molar-refractivity contribution in [3.63, 3.8) is 0 Å². The Labute approximate surface area is 172 Å². The zero-order chi connectivity index (χ0) is 21.3. The summed E-state index contributed by atoms with van der Waals surface area (Å²) in [6.45, 7) is 0.615. The van der Waals surface area contributed by atoms with Crippen LogP contribution in [0.5, 0.6) is 0 Å². The lowest BCUT2D eigenvalue weighted by molar-refractivity contribution is -0.137. The molecule has 1 N–H and O–H groups in total. The van der Waals surface area contributed by atoms with E-state index in [9.17, 15) is 18.0 Å². The number of hydrogen-bond acceptors (Lipinski definition) is 3. The highest BCUT2D eigenvalue weighted by Crippen LogP contribution is 2.38. The lowest BCUT2D eigenvalue weighted by Crippen LogP contribution is -2.18. The number of benzene rings is 2. The zero-order valence-corrected chi connectivity index (χ0v) is 16.3. The van der Waals surface area contributed by atoms with Gasteiger partial charge in [-0.05, 0) is 48.7 Å². The van der Waals surface area contributed by atoms with E-state index in [0.29, 0.717) is 29.9 Å². The molecule has 3 aromatic rings. The Hall–Kier alpha value is -3.35. The molecule has 4 nitrogen and oxygen atoms in total. The van der Waals surface area contributed by atoms with Crippen LogP contribution in [0.3, 0.4) is 0 Å². The number of nitrogens with one attached hydrogen (secondary N) is 1. The van der Waals surface area contributed by atoms with E-state index in [1.54, 1.807) is 30.3 Å². The lowest BCUT2D eigenvalue weighted by Gasteiger charge is -2.21. The number of allylic oxidation sites excluding steroid dienone is 1. The Morgan fingerprint density at radius 1 is 1.17 bits per heavy atom. The van der Waals surface area contributed by atoms with Crippen LogP contribution in [0.1, 0.15) is 24.0 Å². The molecule has 2 heterocycles. The third-order valence-electron chi connectivity index (χ3n) is 5.20. The van der Waals surface area contributed by atoms with Gasteiger partial charge in [0.25, 0.3) is 0 Å². The minimum atomic E-state index is -4.41. The smallest absolute Gasteiger partial charge is 0.374 e. The van der Waals surface area contributed by atoms with Crippen LogP contribution in [0.15, 0.2) is 60.8 Å². The molecule has 2 aromatic carbocycles. The Bertz CT molecular complexity index is 1140. The van der Waals surface area contributed by atoms with E-state index in [0.717, 1.165) is 35.0 Å². The first-order valence-electron chi connectivity index (χ1n) is 9.60. The Balaban J connectivity index is 1.63. The van der Waals surface area contributed by atoms with Crippen molar-refractivity contribution in [1.82, 2.24) is 4.98 Å². The summed E-state index contributed by atoms with van der Waals surface area (Å²) in [6.07, 6.45) is 0.104. The van der Waals surface area contributed by atoms with Gasteiger partial charge in [-0.1, -0.05) is 18.2 Å². The first-order chi connectivity index (χ1) is 14.3. The molecule has 0 bridgehead atoms. The summed E-state index contributed by atoms with van der Waals surface area (Å²) >= 11 is 0. The molecular formula is C23H20F3N3O. The molecule has 0 atom stereocenters. The van der Waals surface area contributed by atoms with Crippen LogP contribution in [0.2, 0.25) is 0 Å². The summed E-state index contributed by atoms with van der Waals surface area (Å²) in [6, 6.07) is 12.9. The van der Waals surface area contributed by atoms with Gasteiger partial charge in [0.1, 0.15) is 0 Å². The molecule has 4 rings (SSSR count). The Morgan fingerprint density at radius 2 is 2.00 bits per heavy atom. The maximum Gasteiger partial charge on any atom is 0.416 e. The maximum absolute atomic E-state index is 13.1. The van der Waals surface area contributed by atoms with Crippen molar-refractivity contribution in [1.29, 1.82) is 0 Å². The first-order valence-corrected chi connectivity index (χ1v) is 9.60. The number of hydrogen-bond donors (Lipinski definition) is 1. The summed E-state index contributed by atoms with van der Waals surface area (Å²) in [7, 11) is 1.77. The zero-order valence-electron chi connectivity index (χ0n) is 16.3. The highest BCUT2D eigenvalue weighted by molar-refractivity contribution is 6.05. The van der Waals surface area contributed by atoms with Crippen LogP contribution in [0, 0.1) is 0 Å². The third kappa shape index (κ3) is 4.15. The maximum atomic E-state index is 13.1. The van der Waals surface area contributed by atoms with Gasteiger partial charge in [-0.3, -0.25) is 9.78 Å². The second kappa shape index (κ2) is 7.82. The van der Waals surface area contributed by atoms with E-state index < -0.39 is 11.7 Å². The van der Waals surface area contributed by atoms with Gasteiger partial charge in [0.2, 0.25) is 5.91 Å². The monoisotopic (exact) mass is 411 g/mol. The predicted octanol–water partition coefficient (Wildman–Crippen LogP) is 5.51. The summed E-state index contributed by atoms with van der Waals surface area (Å²) < 4.78 is 39.4. The van der Waals surface area contributed by atoms with Gasteiger partial charge in [-0.15, -0.1) is 0 Å². The van der Waals surface area contributed by atoms with Crippen molar-refractivity contribution in [3.8, 4) is 0 Å². The topological polar surface area (TPSA) is 45.2 Å². The quantitative estimate of drug-likeness (QED) is 0.566. The number of fused-ring (bicyclic) bond motifs is 2. The molecule has 1 amide bonds. The number of amides is 1. The van der Waals surface area contributed by atoms with Crippen molar-refractivity contribution >= 4 is 33.8 Å². The van der Waals surface area contributed by atoms with Crippen molar-refractivity contribution in [3.05, 3.63) is 71.9 Å². The number of carbonyl (C=O) groups excluding carboxylic acids is 1. The largest absolute Gasteiger partial charge is 0.416 e. The predicted molar refractivity (Wildman–Crippen MR) is 112 cm³/mol. The van der Waals surface area contributed by atoms with Gasteiger partial charge in [-0.25, -0.2) is 0 Å². The van der Waals surface area contributed by atoms with E-state index in [1.165, 1.54) is 12.1 Å². The molecule has 0 spiro atoms. The Morgan fingerprint density at radius 3 is 2.80 bits per heavy atom. The van der Waals surface area contributed by atoms with Gasteiger partial charge in [0.05, 0.1) is 11.1 Å². The average molecular weight is 411 g/mol. The molecule has 154 valence electrons. The minimum absolute atomic E-state index is 0.323. The summed E-state index contributed by atoms with van der Waals surface area (Å²) in [5.41, 5.74) is 2.54. The van der Waals surface area contributed by atoms with Gasteiger partial charge in [0, 0.05) is 48.2 Å². The van der Waals surface area contributed by atoms with Gasteiger partial charge in [0.15, 0.2) is 0 Å². The molecule has 0 fully saturated rings. The fraction of sp³-hybridized carbons (Fsp3) is 0.217. The number of aromatic nitrogens is 1. The number of halogens is 3. The summed E-state index contributed by atoms with van der Waals surface area (Å²) in [5, 5.41) is 3.80. The van der Waals surface area contributed by atoms with Gasteiger partial charge >= 0.3 is 6.18 Å². The summed E-state index contributed by atoms with van der Waals surface area (Å²) in [4.78, 5) is 18.7. The van der Waals surface area contributed by atoms with E-state index >= 15 is 0 Å². The van der Waals surface area contributed by atoms with E-state index in [2.05, 4.69) is 10.3 Å².